The molecule has 1 aromatic heterocycles. The van der Waals surface area contributed by atoms with Crippen molar-refractivity contribution < 1.29 is 0 Å². The van der Waals surface area contributed by atoms with Gasteiger partial charge in [0.25, 0.3) is 0 Å². The van der Waals surface area contributed by atoms with Crippen LogP contribution in [0.2, 0.25) is 0 Å². The molecule has 0 fully saturated rings. The van der Waals surface area contributed by atoms with Crippen LogP contribution in [0.1, 0.15) is 42.3 Å². The molecule has 19 heavy (non-hydrogen) atoms. The first-order valence-electron chi connectivity index (χ1n) is 6.56. The summed E-state index contributed by atoms with van der Waals surface area (Å²) in [4.78, 5) is 0. The minimum atomic E-state index is 0.359. The Morgan fingerprint density at radius 3 is 2.58 bits per heavy atom. The third-order valence-electron chi connectivity index (χ3n) is 3.22. The zero-order valence-corrected chi connectivity index (χ0v) is 11.9. The van der Waals surface area contributed by atoms with Gasteiger partial charge >= 0.3 is 0 Å². The quantitative estimate of drug-likeness (QED) is 0.837. The van der Waals surface area contributed by atoms with Crippen LogP contribution in [0.5, 0.6) is 0 Å². The van der Waals surface area contributed by atoms with Crippen molar-refractivity contribution in [3.8, 4) is 11.8 Å². The number of aromatic nitrogens is 2. The molecule has 0 saturated heterocycles. The highest BCUT2D eigenvalue weighted by molar-refractivity contribution is 5.44. The number of hydrogen-bond acceptors (Lipinski definition) is 2. The largest absolute Gasteiger partial charge is 0.237 e. The molecule has 0 aliphatic carbocycles. The standard InChI is InChI=1S/C16H19N3/c1-11(2)16-10-14(7-8-17)18-19(16)15-6-5-12(3)9-13(15)4/h5-6,9-11H,7H2,1-4H3. The Balaban J connectivity index is 2.57. The third-order valence-corrected chi connectivity index (χ3v) is 3.22. The Morgan fingerprint density at radius 2 is 2.00 bits per heavy atom. The normalized spacial score (nSPS) is 10.7. The highest BCUT2D eigenvalue weighted by atomic mass is 15.3. The lowest BCUT2D eigenvalue weighted by Crippen LogP contribution is -2.05. The second kappa shape index (κ2) is 5.27. The van der Waals surface area contributed by atoms with E-state index in [0.29, 0.717) is 12.3 Å². The summed E-state index contributed by atoms with van der Waals surface area (Å²) in [6, 6.07) is 10.5. The van der Waals surface area contributed by atoms with Crippen LogP contribution in [0, 0.1) is 25.2 Å². The molecule has 0 amide bonds. The van der Waals surface area contributed by atoms with Crippen molar-refractivity contribution in [1.29, 1.82) is 5.26 Å². The summed E-state index contributed by atoms with van der Waals surface area (Å²) >= 11 is 0. The van der Waals surface area contributed by atoms with Gasteiger partial charge in [0.2, 0.25) is 0 Å². The van der Waals surface area contributed by atoms with Gasteiger partial charge < -0.3 is 0 Å². The van der Waals surface area contributed by atoms with E-state index in [9.17, 15) is 0 Å². The fourth-order valence-corrected chi connectivity index (χ4v) is 2.26. The van der Waals surface area contributed by atoms with Gasteiger partial charge in [0.15, 0.2) is 0 Å². The molecule has 0 spiro atoms. The molecule has 0 bridgehead atoms. The van der Waals surface area contributed by atoms with E-state index in [0.717, 1.165) is 17.1 Å². The molecular formula is C16H19N3. The van der Waals surface area contributed by atoms with Gasteiger partial charge in [-0.25, -0.2) is 4.68 Å². The minimum Gasteiger partial charge on any atom is -0.237 e. The van der Waals surface area contributed by atoms with Gasteiger partial charge in [-0.05, 0) is 37.5 Å². The molecule has 3 heteroatoms. The SMILES string of the molecule is Cc1ccc(-n2nc(CC#N)cc2C(C)C)c(C)c1. The second-order valence-corrected chi connectivity index (χ2v) is 5.25. The van der Waals surface area contributed by atoms with E-state index in [2.05, 4.69) is 57.1 Å². The lowest BCUT2D eigenvalue weighted by molar-refractivity contribution is 0.727. The Hall–Kier alpha value is -2.08. The van der Waals surface area contributed by atoms with E-state index in [4.69, 9.17) is 5.26 Å². The average molecular weight is 253 g/mol. The Bertz CT molecular complexity index is 630. The average Bonchev–Trinajstić information content (AvgIpc) is 2.73. The van der Waals surface area contributed by atoms with Crippen LogP contribution in [-0.2, 0) is 6.42 Å². The molecule has 2 aromatic rings. The lowest BCUT2D eigenvalue weighted by Gasteiger charge is -2.12. The number of aryl methyl sites for hydroxylation is 2. The first kappa shape index (κ1) is 13.4. The lowest BCUT2D eigenvalue weighted by atomic mass is 10.1. The Kier molecular flexibility index (Phi) is 3.71. The first-order chi connectivity index (χ1) is 9.02. The van der Waals surface area contributed by atoms with Crippen LogP contribution in [0.15, 0.2) is 24.3 Å². The van der Waals surface area contributed by atoms with E-state index < -0.39 is 0 Å². The predicted octanol–water partition coefficient (Wildman–Crippen LogP) is 3.68. The van der Waals surface area contributed by atoms with Gasteiger partial charge in [-0.15, -0.1) is 0 Å². The van der Waals surface area contributed by atoms with Crippen molar-refractivity contribution in [1.82, 2.24) is 9.78 Å². The topological polar surface area (TPSA) is 41.6 Å². The van der Waals surface area contributed by atoms with Gasteiger partial charge in [0.05, 0.1) is 23.9 Å². The van der Waals surface area contributed by atoms with Crippen molar-refractivity contribution in [2.45, 2.75) is 40.0 Å². The Labute approximate surface area is 114 Å². The van der Waals surface area contributed by atoms with Gasteiger partial charge in [-0.1, -0.05) is 31.5 Å². The zero-order chi connectivity index (χ0) is 14.0. The summed E-state index contributed by atoms with van der Waals surface area (Å²) < 4.78 is 1.98. The van der Waals surface area contributed by atoms with Gasteiger partial charge in [-0.3, -0.25) is 0 Å². The molecule has 0 saturated carbocycles. The van der Waals surface area contributed by atoms with Crippen molar-refractivity contribution in [2.75, 3.05) is 0 Å². The van der Waals surface area contributed by atoms with Crippen molar-refractivity contribution in [3.05, 3.63) is 46.8 Å². The molecular weight excluding hydrogens is 234 g/mol. The molecule has 1 heterocycles. The van der Waals surface area contributed by atoms with E-state index in [1.807, 2.05) is 10.7 Å². The predicted molar refractivity (Wildman–Crippen MR) is 76.4 cm³/mol. The number of benzene rings is 1. The summed E-state index contributed by atoms with van der Waals surface area (Å²) in [6.45, 7) is 8.48. The fourth-order valence-electron chi connectivity index (χ4n) is 2.26. The van der Waals surface area contributed by atoms with Gasteiger partial charge in [0.1, 0.15) is 0 Å². The number of nitrogens with zero attached hydrogens (tertiary/aromatic N) is 3. The van der Waals surface area contributed by atoms with E-state index >= 15 is 0 Å². The van der Waals surface area contributed by atoms with Crippen molar-refractivity contribution in [2.24, 2.45) is 0 Å². The molecule has 0 radical (unpaired) electrons. The maximum atomic E-state index is 8.82. The van der Waals surface area contributed by atoms with E-state index in [-0.39, 0.29) is 0 Å². The molecule has 98 valence electrons. The first-order valence-corrected chi connectivity index (χ1v) is 6.56. The zero-order valence-electron chi connectivity index (χ0n) is 11.9. The number of nitriles is 1. The summed E-state index contributed by atoms with van der Waals surface area (Å²) in [7, 11) is 0. The van der Waals surface area contributed by atoms with E-state index in [1.165, 1.54) is 11.1 Å². The van der Waals surface area contributed by atoms with E-state index in [1.54, 1.807) is 0 Å². The van der Waals surface area contributed by atoms with Crippen LogP contribution in [0.3, 0.4) is 0 Å². The fraction of sp³-hybridized carbons (Fsp3) is 0.375. The third kappa shape index (κ3) is 2.68. The van der Waals surface area contributed by atoms with Crippen molar-refractivity contribution >= 4 is 0 Å². The maximum Gasteiger partial charge on any atom is 0.0793 e. The van der Waals surface area contributed by atoms with Crippen molar-refractivity contribution in [3.63, 3.8) is 0 Å². The monoisotopic (exact) mass is 253 g/mol. The highest BCUT2D eigenvalue weighted by Gasteiger charge is 2.13. The number of rotatable bonds is 3. The summed E-state index contributed by atoms with van der Waals surface area (Å²) in [5.74, 6) is 0.376. The van der Waals surface area contributed by atoms with Crippen LogP contribution < -0.4 is 0 Å². The molecule has 0 unspecified atom stereocenters. The van der Waals surface area contributed by atoms with Crippen LogP contribution in [0.25, 0.3) is 5.69 Å². The number of hydrogen-bond donors (Lipinski definition) is 0. The van der Waals surface area contributed by atoms with Crippen LogP contribution in [0.4, 0.5) is 0 Å². The molecule has 3 nitrogen and oxygen atoms in total. The molecule has 0 aliphatic rings. The summed E-state index contributed by atoms with van der Waals surface area (Å²) in [6.07, 6.45) is 0.359. The highest BCUT2D eigenvalue weighted by Crippen LogP contribution is 2.23. The van der Waals surface area contributed by atoms with Crippen LogP contribution >= 0.6 is 0 Å². The smallest absolute Gasteiger partial charge is 0.0793 e. The molecule has 0 N–H and O–H groups in total. The molecule has 1 aromatic carbocycles. The second-order valence-electron chi connectivity index (χ2n) is 5.25. The van der Waals surface area contributed by atoms with Crippen LogP contribution in [-0.4, -0.2) is 9.78 Å². The molecule has 0 aliphatic heterocycles. The minimum absolute atomic E-state index is 0.359. The summed E-state index contributed by atoms with van der Waals surface area (Å²) in [5.41, 5.74) is 5.53. The molecule has 2 rings (SSSR count). The van der Waals surface area contributed by atoms with Gasteiger partial charge in [-0.2, -0.15) is 10.4 Å². The molecule has 0 atom stereocenters. The van der Waals surface area contributed by atoms with Gasteiger partial charge in [0, 0.05) is 5.69 Å². The summed E-state index contributed by atoms with van der Waals surface area (Å²) in [5, 5.41) is 13.4. The Morgan fingerprint density at radius 1 is 1.26 bits per heavy atom. The maximum absolute atomic E-state index is 8.82.